The summed E-state index contributed by atoms with van der Waals surface area (Å²) in [4.78, 5) is 10.6. The summed E-state index contributed by atoms with van der Waals surface area (Å²) in [5.74, 6) is -0.205. The summed E-state index contributed by atoms with van der Waals surface area (Å²) in [5.41, 5.74) is 5.11. The Hall–Kier alpha value is -0.570. The Morgan fingerprint density at radius 2 is 2.20 bits per heavy atom. The van der Waals surface area contributed by atoms with E-state index in [2.05, 4.69) is 5.32 Å². The summed E-state index contributed by atoms with van der Waals surface area (Å²) in [5, 5.41) is 3.08. The van der Waals surface area contributed by atoms with E-state index in [4.69, 9.17) is 5.73 Å². The van der Waals surface area contributed by atoms with Crippen LogP contribution in [0.15, 0.2) is 0 Å². The molecule has 0 aromatic carbocycles. The number of amides is 1. The fourth-order valence-corrected chi connectivity index (χ4v) is 0.765. The zero-order valence-corrected chi connectivity index (χ0v) is 6.68. The van der Waals surface area contributed by atoms with Crippen molar-refractivity contribution in [3.63, 3.8) is 0 Å². The fraction of sp³-hybridized carbons (Fsp3) is 0.857. The maximum absolute atomic E-state index is 10.6. The molecule has 0 aliphatic carbocycles. The molecule has 1 atom stereocenters. The summed E-state index contributed by atoms with van der Waals surface area (Å²) >= 11 is 0. The molecule has 0 aromatic heterocycles. The molecule has 10 heavy (non-hydrogen) atoms. The Balaban J connectivity index is 3.50. The van der Waals surface area contributed by atoms with Crippen molar-refractivity contribution in [3.8, 4) is 0 Å². The van der Waals surface area contributed by atoms with Crippen molar-refractivity contribution in [1.82, 2.24) is 5.32 Å². The number of hydrogen-bond acceptors (Lipinski definition) is 2. The smallest absolute Gasteiger partial charge is 0.221 e. The first-order chi connectivity index (χ1) is 4.72. The molecule has 0 aliphatic heterocycles. The molecule has 3 nitrogen and oxygen atoms in total. The van der Waals surface area contributed by atoms with E-state index in [9.17, 15) is 4.79 Å². The van der Waals surface area contributed by atoms with Gasteiger partial charge < -0.3 is 11.1 Å². The fourth-order valence-electron chi connectivity index (χ4n) is 0.765. The molecule has 0 saturated carbocycles. The van der Waals surface area contributed by atoms with Crippen LogP contribution in [0, 0.1) is 5.92 Å². The third-order valence-corrected chi connectivity index (χ3v) is 1.54. The summed E-state index contributed by atoms with van der Waals surface area (Å²) in [7, 11) is 0. The van der Waals surface area contributed by atoms with Gasteiger partial charge in [-0.3, -0.25) is 4.79 Å². The van der Waals surface area contributed by atoms with Gasteiger partial charge in [-0.15, -0.1) is 0 Å². The van der Waals surface area contributed by atoms with Gasteiger partial charge in [-0.2, -0.15) is 0 Å². The quantitative estimate of drug-likeness (QED) is 0.575. The largest absolute Gasteiger partial charge is 0.369 e. The molecule has 0 bridgehead atoms. The maximum atomic E-state index is 10.6. The van der Waals surface area contributed by atoms with Gasteiger partial charge in [-0.05, 0) is 13.0 Å². The van der Waals surface area contributed by atoms with Crippen LogP contribution in [0.4, 0.5) is 0 Å². The normalized spacial score (nSPS) is 13.0. The van der Waals surface area contributed by atoms with Crippen molar-refractivity contribution in [2.75, 3.05) is 13.1 Å². The van der Waals surface area contributed by atoms with E-state index in [1.54, 1.807) is 0 Å². The Labute approximate surface area is 62.0 Å². The molecule has 0 spiro atoms. The van der Waals surface area contributed by atoms with Gasteiger partial charge in [-0.25, -0.2) is 0 Å². The van der Waals surface area contributed by atoms with Gasteiger partial charge in [0.05, 0.1) is 0 Å². The SMILES string of the molecule is CCNCC(CC)C(N)=O. The predicted octanol–water partition coefficient (Wildman–Crippen LogP) is 0.107. The lowest BCUT2D eigenvalue weighted by Crippen LogP contribution is -2.32. The lowest BCUT2D eigenvalue weighted by molar-refractivity contribution is -0.121. The second-order valence-electron chi connectivity index (χ2n) is 2.32. The summed E-state index contributed by atoms with van der Waals surface area (Å²) in [6, 6.07) is 0. The van der Waals surface area contributed by atoms with Crippen LogP contribution in [0.1, 0.15) is 20.3 Å². The van der Waals surface area contributed by atoms with Crippen molar-refractivity contribution < 1.29 is 4.79 Å². The van der Waals surface area contributed by atoms with E-state index in [-0.39, 0.29) is 11.8 Å². The molecule has 0 aliphatic rings. The number of rotatable bonds is 5. The summed E-state index contributed by atoms with van der Waals surface area (Å²) < 4.78 is 0. The van der Waals surface area contributed by atoms with Crippen LogP contribution in [0.5, 0.6) is 0 Å². The second-order valence-corrected chi connectivity index (χ2v) is 2.32. The highest BCUT2D eigenvalue weighted by Crippen LogP contribution is 1.97. The van der Waals surface area contributed by atoms with Crippen molar-refractivity contribution >= 4 is 5.91 Å². The average Bonchev–Trinajstić information content (AvgIpc) is 1.89. The monoisotopic (exact) mass is 144 g/mol. The number of hydrogen-bond donors (Lipinski definition) is 2. The van der Waals surface area contributed by atoms with Crippen LogP contribution >= 0.6 is 0 Å². The molecule has 0 aromatic rings. The third kappa shape index (κ3) is 3.45. The van der Waals surface area contributed by atoms with Crippen LogP contribution < -0.4 is 11.1 Å². The molecule has 0 rings (SSSR count). The first-order valence-electron chi connectivity index (χ1n) is 3.72. The zero-order valence-electron chi connectivity index (χ0n) is 6.68. The molecule has 60 valence electrons. The number of carbonyl (C=O) groups is 1. The first-order valence-corrected chi connectivity index (χ1v) is 3.72. The molecule has 1 amide bonds. The topological polar surface area (TPSA) is 55.1 Å². The van der Waals surface area contributed by atoms with Crippen molar-refractivity contribution in [2.45, 2.75) is 20.3 Å². The predicted molar refractivity (Wildman–Crippen MR) is 41.5 cm³/mol. The van der Waals surface area contributed by atoms with Crippen molar-refractivity contribution in [1.29, 1.82) is 0 Å². The van der Waals surface area contributed by atoms with Crippen molar-refractivity contribution in [2.24, 2.45) is 11.7 Å². The van der Waals surface area contributed by atoms with Gasteiger partial charge in [0, 0.05) is 12.5 Å². The highest BCUT2D eigenvalue weighted by atomic mass is 16.1. The Morgan fingerprint density at radius 1 is 1.60 bits per heavy atom. The van der Waals surface area contributed by atoms with Gasteiger partial charge in [0.25, 0.3) is 0 Å². The van der Waals surface area contributed by atoms with Gasteiger partial charge >= 0.3 is 0 Å². The highest BCUT2D eigenvalue weighted by Gasteiger charge is 2.10. The minimum Gasteiger partial charge on any atom is -0.369 e. The molecule has 0 saturated heterocycles. The van der Waals surface area contributed by atoms with Crippen LogP contribution in [0.2, 0.25) is 0 Å². The lowest BCUT2D eigenvalue weighted by Gasteiger charge is -2.09. The molecule has 0 heterocycles. The molecule has 3 N–H and O–H groups in total. The van der Waals surface area contributed by atoms with E-state index >= 15 is 0 Å². The van der Waals surface area contributed by atoms with Crippen LogP contribution in [0.25, 0.3) is 0 Å². The van der Waals surface area contributed by atoms with Crippen LogP contribution in [-0.2, 0) is 4.79 Å². The molecule has 0 radical (unpaired) electrons. The Morgan fingerprint density at radius 3 is 2.50 bits per heavy atom. The number of primary amides is 1. The van der Waals surface area contributed by atoms with Gasteiger partial charge in [0.1, 0.15) is 0 Å². The van der Waals surface area contributed by atoms with E-state index in [0.717, 1.165) is 13.0 Å². The minimum absolute atomic E-state index is 0.0000463. The second kappa shape index (κ2) is 5.23. The maximum Gasteiger partial charge on any atom is 0.221 e. The van der Waals surface area contributed by atoms with Gasteiger partial charge in [-0.1, -0.05) is 13.8 Å². The Kier molecular flexibility index (Phi) is 4.94. The van der Waals surface area contributed by atoms with Crippen LogP contribution in [-0.4, -0.2) is 19.0 Å². The van der Waals surface area contributed by atoms with E-state index < -0.39 is 0 Å². The molecular formula is C7H16N2O. The van der Waals surface area contributed by atoms with E-state index in [1.807, 2.05) is 13.8 Å². The third-order valence-electron chi connectivity index (χ3n) is 1.54. The van der Waals surface area contributed by atoms with E-state index in [0.29, 0.717) is 6.54 Å². The number of nitrogens with one attached hydrogen (secondary N) is 1. The van der Waals surface area contributed by atoms with Gasteiger partial charge in [0.15, 0.2) is 0 Å². The highest BCUT2D eigenvalue weighted by molar-refractivity contribution is 5.76. The summed E-state index contributed by atoms with van der Waals surface area (Å²) in [6.45, 7) is 5.58. The lowest BCUT2D eigenvalue weighted by atomic mass is 10.1. The average molecular weight is 144 g/mol. The standard InChI is InChI=1S/C7H16N2O/c1-3-6(7(8)10)5-9-4-2/h6,9H,3-5H2,1-2H3,(H2,8,10). The summed E-state index contributed by atoms with van der Waals surface area (Å²) in [6.07, 6.45) is 0.822. The molecule has 0 fully saturated rings. The van der Waals surface area contributed by atoms with Crippen LogP contribution in [0.3, 0.4) is 0 Å². The first kappa shape index (κ1) is 9.43. The molecule has 3 heteroatoms. The van der Waals surface area contributed by atoms with Crippen molar-refractivity contribution in [3.05, 3.63) is 0 Å². The number of carbonyl (C=O) groups excluding carboxylic acids is 1. The van der Waals surface area contributed by atoms with E-state index in [1.165, 1.54) is 0 Å². The number of nitrogens with two attached hydrogens (primary N) is 1. The molecule has 1 unspecified atom stereocenters. The Bertz CT molecular complexity index is 104. The zero-order chi connectivity index (χ0) is 7.98. The minimum atomic E-state index is -0.205. The van der Waals surface area contributed by atoms with Gasteiger partial charge in [0.2, 0.25) is 5.91 Å². The molecular weight excluding hydrogens is 128 g/mol.